The fraction of sp³-hybridized carbons (Fsp3) is 0.533. The van der Waals surface area contributed by atoms with Gasteiger partial charge in [0.15, 0.2) is 0 Å². The van der Waals surface area contributed by atoms with Crippen molar-refractivity contribution in [3.63, 3.8) is 0 Å². The van der Waals surface area contributed by atoms with Gasteiger partial charge in [0.1, 0.15) is 0 Å². The van der Waals surface area contributed by atoms with Crippen molar-refractivity contribution >= 4 is 23.3 Å². The molecule has 1 heterocycles. The zero-order valence-corrected chi connectivity index (χ0v) is 13.4. The first kappa shape index (κ1) is 16.1. The number of nitrogens with one attached hydrogen (secondary N) is 1. The molecule has 0 saturated carbocycles. The Hall–Kier alpha value is -1.30. The summed E-state index contributed by atoms with van der Waals surface area (Å²) in [5.74, 6) is 0. The first-order chi connectivity index (χ1) is 10.0. The summed E-state index contributed by atoms with van der Waals surface area (Å²) in [6.07, 6.45) is 0. The highest BCUT2D eigenvalue weighted by Gasteiger charge is 2.20. The van der Waals surface area contributed by atoms with Gasteiger partial charge in [-0.2, -0.15) is 0 Å². The maximum Gasteiger partial charge on any atom is 0.321 e. The lowest BCUT2D eigenvalue weighted by Gasteiger charge is -2.35. The van der Waals surface area contributed by atoms with E-state index in [1.807, 2.05) is 17.0 Å². The molecular formula is C15H23ClN4O. The van der Waals surface area contributed by atoms with Crippen LogP contribution in [0, 0.1) is 0 Å². The van der Waals surface area contributed by atoms with Crippen LogP contribution >= 0.6 is 11.6 Å². The molecule has 0 atom stereocenters. The Balaban J connectivity index is 1.76. The van der Waals surface area contributed by atoms with Crippen LogP contribution in [0.4, 0.5) is 10.5 Å². The van der Waals surface area contributed by atoms with Crippen molar-refractivity contribution in [2.75, 3.05) is 58.7 Å². The molecule has 21 heavy (non-hydrogen) atoms. The number of amides is 2. The van der Waals surface area contributed by atoms with Crippen LogP contribution in [0.15, 0.2) is 24.3 Å². The molecule has 0 radical (unpaired) electrons. The minimum atomic E-state index is -0.0374. The van der Waals surface area contributed by atoms with Crippen LogP contribution in [-0.2, 0) is 0 Å². The normalized spacial score (nSPS) is 16.3. The molecule has 1 saturated heterocycles. The van der Waals surface area contributed by atoms with Crippen LogP contribution in [0.3, 0.4) is 0 Å². The highest BCUT2D eigenvalue weighted by Crippen LogP contribution is 2.14. The third kappa shape index (κ3) is 5.19. The summed E-state index contributed by atoms with van der Waals surface area (Å²) in [4.78, 5) is 18.6. The summed E-state index contributed by atoms with van der Waals surface area (Å²) in [6.45, 7) is 5.51. The van der Waals surface area contributed by atoms with E-state index in [2.05, 4.69) is 29.2 Å². The molecule has 116 valence electrons. The van der Waals surface area contributed by atoms with E-state index in [1.54, 1.807) is 12.1 Å². The number of rotatable bonds is 4. The number of nitrogens with zero attached hydrogens (tertiary/aromatic N) is 3. The van der Waals surface area contributed by atoms with E-state index in [9.17, 15) is 4.79 Å². The second-order valence-corrected chi connectivity index (χ2v) is 6.01. The maximum atomic E-state index is 12.2. The van der Waals surface area contributed by atoms with Gasteiger partial charge >= 0.3 is 6.03 Å². The molecule has 0 bridgehead atoms. The van der Waals surface area contributed by atoms with Crippen molar-refractivity contribution in [1.82, 2.24) is 14.7 Å². The van der Waals surface area contributed by atoms with E-state index in [1.165, 1.54) is 0 Å². The number of halogens is 1. The highest BCUT2D eigenvalue weighted by atomic mass is 35.5. The number of likely N-dealkylation sites (N-methyl/N-ethyl adjacent to an activating group) is 1. The molecule has 0 aliphatic carbocycles. The lowest BCUT2D eigenvalue weighted by atomic mass is 10.3. The summed E-state index contributed by atoms with van der Waals surface area (Å²) in [7, 11) is 4.16. The molecule has 1 aliphatic rings. The molecule has 0 unspecified atom stereocenters. The largest absolute Gasteiger partial charge is 0.322 e. The SMILES string of the molecule is CN(C)CCN1CCN(C(=O)Nc2ccc(Cl)cc2)CC1. The summed E-state index contributed by atoms with van der Waals surface area (Å²) < 4.78 is 0. The molecule has 2 amide bonds. The molecule has 5 nitrogen and oxygen atoms in total. The summed E-state index contributed by atoms with van der Waals surface area (Å²) >= 11 is 5.83. The Labute approximate surface area is 131 Å². The number of piperazine rings is 1. The van der Waals surface area contributed by atoms with E-state index in [0.29, 0.717) is 5.02 Å². The first-order valence-corrected chi connectivity index (χ1v) is 7.61. The Morgan fingerprint density at radius 1 is 1.19 bits per heavy atom. The van der Waals surface area contributed by atoms with Crippen LogP contribution in [0.1, 0.15) is 0 Å². The fourth-order valence-electron chi connectivity index (χ4n) is 2.25. The zero-order chi connectivity index (χ0) is 15.2. The Bertz CT molecular complexity index is 455. The minimum Gasteiger partial charge on any atom is -0.322 e. The Morgan fingerprint density at radius 3 is 2.38 bits per heavy atom. The van der Waals surface area contributed by atoms with Crippen molar-refractivity contribution in [3.05, 3.63) is 29.3 Å². The summed E-state index contributed by atoms with van der Waals surface area (Å²) in [6, 6.07) is 7.14. The van der Waals surface area contributed by atoms with E-state index in [-0.39, 0.29) is 6.03 Å². The lowest BCUT2D eigenvalue weighted by molar-refractivity contribution is 0.140. The van der Waals surface area contributed by atoms with E-state index in [0.717, 1.165) is 45.0 Å². The highest BCUT2D eigenvalue weighted by molar-refractivity contribution is 6.30. The molecule has 2 rings (SSSR count). The fourth-order valence-corrected chi connectivity index (χ4v) is 2.38. The second-order valence-electron chi connectivity index (χ2n) is 5.57. The van der Waals surface area contributed by atoms with Crippen molar-refractivity contribution in [2.24, 2.45) is 0 Å². The van der Waals surface area contributed by atoms with Crippen molar-refractivity contribution in [3.8, 4) is 0 Å². The van der Waals surface area contributed by atoms with Gasteiger partial charge in [-0.1, -0.05) is 11.6 Å². The predicted molar refractivity (Wildman–Crippen MR) is 87.0 cm³/mol. The van der Waals surface area contributed by atoms with E-state index >= 15 is 0 Å². The molecule has 0 aromatic heterocycles. The number of carbonyl (C=O) groups excluding carboxylic acids is 1. The average Bonchev–Trinajstić information content (AvgIpc) is 2.48. The summed E-state index contributed by atoms with van der Waals surface area (Å²) in [5, 5.41) is 3.57. The van der Waals surface area contributed by atoms with Crippen molar-refractivity contribution in [2.45, 2.75) is 0 Å². The molecular weight excluding hydrogens is 288 g/mol. The third-order valence-electron chi connectivity index (χ3n) is 3.62. The van der Waals surface area contributed by atoms with Gasteiger partial charge in [0, 0.05) is 50.0 Å². The number of urea groups is 1. The monoisotopic (exact) mass is 310 g/mol. The van der Waals surface area contributed by atoms with Crippen LogP contribution in [-0.4, -0.2) is 74.1 Å². The van der Waals surface area contributed by atoms with Gasteiger partial charge < -0.3 is 15.1 Å². The number of benzene rings is 1. The van der Waals surface area contributed by atoms with Gasteiger partial charge in [0.2, 0.25) is 0 Å². The van der Waals surface area contributed by atoms with Crippen molar-refractivity contribution < 1.29 is 4.79 Å². The number of hydrogen-bond donors (Lipinski definition) is 1. The van der Waals surface area contributed by atoms with Crippen LogP contribution in [0.5, 0.6) is 0 Å². The molecule has 1 aromatic rings. The zero-order valence-electron chi connectivity index (χ0n) is 12.7. The van der Waals surface area contributed by atoms with Crippen LogP contribution in [0.2, 0.25) is 5.02 Å². The Morgan fingerprint density at radius 2 is 1.81 bits per heavy atom. The quantitative estimate of drug-likeness (QED) is 0.925. The van der Waals surface area contributed by atoms with Gasteiger partial charge in [-0.05, 0) is 38.4 Å². The first-order valence-electron chi connectivity index (χ1n) is 7.23. The molecule has 1 N–H and O–H groups in total. The second kappa shape index (κ2) is 7.64. The number of hydrogen-bond acceptors (Lipinski definition) is 3. The van der Waals surface area contributed by atoms with Gasteiger partial charge in [0.05, 0.1) is 0 Å². The maximum absolute atomic E-state index is 12.2. The number of carbonyl (C=O) groups is 1. The van der Waals surface area contributed by atoms with Gasteiger partial charge in [0.25, 0.3) is 0 Å². The van der Waals surface area contributed by atoms with Crippen LogP contribution < -0.4 is 5.32 Å². The van der Waals surface area contributed by atoms with Gasteiger partial charge in [-0.25, -0.2) is 4.79 Å². The van der Waals surface area contributed by atoms with Crippen molar-refractivity contribution in [1.29, 1.82) is 0 Å². The molecule has 1 aliphatic heterocycles. The van der Waals surface area contributed by atoms with Crippen LogP contribution in [0.25, 0.3) is 0 Å². The third-order valence-corrected chi connectivity index (χ3v) is 3.87. The molecule has 1 aromatic carbocycles. The van der Waals surface area contributed by atoms with Gasteiger partial charge in [-0.15, -0.1) is 0 Å². The summed E-state index contributed by atoms with van der Waals surface area (Å²) in [5.41, 5.74) is 0.777. The standard InChI is InChI=1S/C15H23ClN4O/c1-18(2)7-8-19-9-11-20(12-10-19)15(21)17-14-5-3-13(16)4-6-14/h3-6H,7-12H2,1-2H3,(H,17,21). The molecule has 6 heteroatoms. The topological polar surface area (TPSA) is 38.8 Å². The minimum absolute atomic E-state index is 0.0374. The smallest absolute Gasteiger partial charge is 0.321 e. The average molecular weight is 311 g/mol. The molecule has 0 spiro atoms. The number of anilines is 1. The van der Waals surface area contributed by atoms with E-state index in [4.69, 9.17) is 11.6 Å². The Kier molecular flexibility index (Phi) is 5.85. The predicted octanol–water partition coefficient (Wildman–Crippen LogP) is 2.05. The van der Waals surface area contributed by atoms with E-state index < -0.39 is 0 Å². The van der Waals surface area contributed by atoms with Gasteiger partial charge in [-0.3, -0.25) is 4.90 Å². The molecule has 1 fully saturated rings. The lowest BCUT2D eigenvalue weighted by Crippen LogP contribution is -2.51.